The highest BCUT2D eigenvalue weighted by Crippen LogP contribution is 2.45. The lowest BCUT2D eigenvalue weighted by molar-refractivity contribution is 0.167. The molecule has 0 spiro atoms. The third-order valence-electron chi connectivity index (χ3n) is 6.19. The molecule has 35 heavy (non-hydrogen) atoms. The number of halogens is 2. The number of fused-ring (bicyclic) bond motifs is 1. The fourth-order valence-corrected chi connectivity index (χ4v) is 6.29. The van der Waals surface area contributed by atoms with Gasteiger partial charge in [0.15, 0.2) is 0 Å². The van der Waals surface area contributed by atoms with E-state index < -0.39 is 45.7 Å². The highest BCUT2D eigenvalue weighted by atomic mass is 35.5. The predicted octanol–water partition coefficient (Wildman–Crippen LogP) is 2.03. The maximum Gasteiger partial charge on any atom is 0.434 e. The number of aromatic amines is 1. The van der Waals surface area contributed by atoms with Gasteiger partial charge in [0, 0.05) is 16.5 Å². The summed E-state index contributed by atoms with van der Waals surface area (Å²) in [5.74, 6) is -2.71. The van der Waals surface area contributed by atoms with E-state index in [0.29, 0.717) is 5.56 Å². The lowest BCUT2D eigenvalue weighted by Gasteiger charge is -2.47. The number of aryl methyl sites for hydroxylation is 1. The Balaban J connectivity index is 1.97. The van der Waals surface area contributed by atoms with E-state index >= 15 is 4.39 Å². The van der Waals surface area contributed by atoms with Crippen LogP contribution in [0.3, 0.4) is 0 Å². The van der Waals surface area contributed by atoms with Crippen molar-refractivity contribution in [1.29, 1.82) is 0 Å². The maximum atomic E-state index is 15.1. The summed E-state index contributed by atoms with van der Waals surface area (Å²) in [6.07, 6.45) is 0. The maximum absolute atomic E-state index is 15.1. The zero-order chi connectivity index (χ0) is 25.9. The molecule has 1 aliphatic rings. The molecule has 2 heterocycles. The molecule has 14 heteroatoms. The smallest absolute Gasteiger partial charge is 0.391 e. The van der Waals surface area contributed by atoms with Crippen LogP contribution < -0.4 is 10.7 Å². The van der Waals surface area contributed by atoms with Crippen LogP contribution in [0.5, 0.6) is 0 Å². The first-order valence-electron chi connectivity index (χ1n) is 10.4. The van der Waals surface area contributed by atoms with Crippen molar-refractivity contribution in [2.45, 2.75) is 43.2 Å². The fourth-order valence-electron chi connectivity index (χ4n) is 4.36. The van der Waals surface area contributed by atoms with Crippen molar-refractivity contribution in [2.24, 2.45) is 0 Å². The average Bonchev–Trinajstić information content (AvgIpc) is 3.17. The molecular weight excluding hydrogens is 496 g/mol. The SMILES string of the molecule is [B]C([B])(O)N1CN(C(c2n[nH]c(=O)o2)[C@H](C)c2c(F)ccc(C)c2C)S(=O)(=O)c2ccc(Cl)cc21. The highest BCUT2D eigenvalue weighted by Gasteiger charge is 2.47. The Hall–Kier alpha value is -2.60. The van der Waals surface area contributed by atoms with Crippen LogP contribution in [-0.2, 0) is 10.0 Å². The van der Waals surface area contributed by atoms with Crippen LogP contribution in [0.4, 0.5) is 10.1 Å². The van der Waals surface area contributed by atoms with Crippen LogP contribution in [0.25, 0.3) is 0 Å². The highest BCUT2D eigenvalue weighted by molar-refractivity contribution is 7.89. The molecule has 2 aromatic carbocycles. The van der Waals surface area contributed by atoms with Gasteiger partial charge in [-0.25, -0.2) is 22.7 Å². The largest absolute Gasteiger partial charge is 0.434 e. The van der Waals surface area contributed by atoms with Gasteiger partial charge in [0.1, 0.15) is 32.4 Å². The van der Waals surface area contributed by atoms with Crippen molar-refractivity contribution in [2.75, 3.05) is 11.6 Å². The Morgan fingerprint density at radius 1 is 1.29 bits per heavy atom. The van der Waals surface area contributed by atoms with Gasteiger partial charge in [-0.05, 0) is 54.8 Å². The number of sulfonamides is 1. The number of anilines is 1. The fraction of sp³-hybridized carbons (Fsp3) is 0.333. The molecule has 4 radical (unpaired) electrons. The zero-order valence-corrected chi connectivity index (χ0v) is 20.6. The Morgan fingerprint density at radius 3 is 2.57 bits per heavy atom. The molecule has 0 saturated heterocycles. The Morgan fingerprint density at radius 2 is 1.97 bits per heavy atom. The summed E-state index contributed by atoms with van der Waals surface area (Å²) in [4.78, 5) is 12.6. The van der Waals surface area contributed by atoms with Crippen LogP contribution in [-0.4, -0.2) is 55.9 Å². The van der Waals surface area contributed by atoms with E-state index in [0.717, 1.165) is 14.8 Å². The number of aromatic nitrogens is 2. The van der Waals surface area contributed by atoms with Gasteiger partial charge in [-0.2, -0.15) is 4.31 Å². The summed E-state index contributed by atoms with van der Waals surface area (Å²) >= 11 is 6.06. The summed E-state index contributed by atoms with van der Waals surface area (Å²) in [7, 11) is 7.18. The molecule has 0 amide bonds. The van der Waals surface area contributed by atoms with E-state index in [9.17, 15) is 18.3 Å². The van der Waals surface area contributed by atoms with E-state index in [4.69, 9.17) is 31.7 Å². The topological polar surface area (TPSA) is 120 Å². The standard InChI is InChI=1S/C21H20B2ClFN4O5S/c1-10-4-6-14(25)17(11(10)2)12(3)18(19-26-27-20(30)34-19)29-9-28(21(22,23)31)15-8-13(24)5-7-16(15)35(29,32)33/h4-8,12,18,31H,9H2,1-3H3,(H,27,30)/t12-,18?/m1/s1. The van der Waals surface area contributed by atoms with Crippen LogP contribution in [0.2, 0.25) is 5.02 Å². The number of H-pyrrole nitrogens is 1. The minimum Gasteiger partial charge on any atom is -0.391 e. The van der Waals surface area contributed by atoms with E-state index in [-0.39, 0.29) is 27.1 Å². The molecule has 180 valence electrons. The van der Waals surface area contributed by atoms with E-state index in [2.05, 4.69) is 10.2 Å². The van der Waals surface area contributed by atoms with Gasteiger partial charge in [0.25, 0.3) is 0 Å². The second-order valence-corrected chi connectivity index (χ2v) is 10.7. The molecule has 0 aliphatic carbocycles. The molecule has 4 rings (SSSR count). The summed E-state index contributed by atoms with van der Waals surface area (Å²) in [6, 6.07) is 5.43. The van der Waals surface area contributed by atoms with E-state index in [1.54, 1.807) is 26.8 Å². The molecule has 1 aromatic heterocycles. The monoisotopic (exact) mass is 516 g/mol. The molecule has 2 N–H and O–H groups in total. The molecule has 9 nitrogen and oxygen atoms in total. The summed E-state index contributed by atoms with van der Waals surface area (Å²) in [5.41, 5.74) is -0.961. The van der Waals surface area contributed by atoms with Crippen LogP contribution in [0, 0.1) is 19.7 Å². The normalized spacial score (nSPS) is 17.7. The second-order valence-electron chi connectivity index (χ2n) is 8.44. The summed E-state index contributed by atoms with van der Waals surface area (Å²) in [5, 5.41) is 16.6. The quantitative estimate of drug-likeness (QED) is 0.498. The van der Waals surface area contributed by atoms with Gasteiger partial charge in [-0.3, -0.25) is 0 Å². The number of hydrogen-bond acceptors (Lipinski definition) is 7. The number of rotatable bonds is 5. The average molecular weight is 517 g/mol. The van der Waals surface area contributed by atoms with Crippen LogP contribution in [0.1, 0.15) is 41.5 Å². The first-order chi connectivity index (χ1) is 16.2. The lowest BCUT2D eigenvalue weighted by Crippen LogP contribution is -2.59. The molecular formula is C21H20B2ClFN4O5S. The first-order valence-corrected chi connectivity index (χ1v) is 12.3. The minimum atomic E-state index is -4.35. The molecule has 0 bridgehead atoms. The Kier molecular flexibility index (Phi) is 6.41. The van der Waals surface area contributed by atoms with Crippen LogP contribution in [0.15, 0.2) is 44.4 Å². The molecule has 1 unspecified atom stereocenters. The molecule has 0 fully saturated rings. The van der Waals surface area contributed by atoms with E-state index in [1.807, 2.05) is 0 Å². The molecule has 3 aromatic rings. The summed E-state index contributed by atoms with van der Waals surface area (Å²) < 4.78 is 48.8. The minimum absolute atomic E-state index is 0.0333. The van der Waals surface area contributed by atoms with Crippen LogP contribution >= 0.6 is 11.6 Å². The van der Waals surface area contributed by atoms with Crippen molar-refractivity contribution >= 4 is 43.0 Å². The summed E-state index contributed by atoms with van der Waals surface area (Å²) in [6.45, 7) is 4.49. The number of nitrogens with one attached hydrogen (secondary N) is 1. The van der Waals surface area contributed by atoms with Gasteiger partial charge in [0.2, 0.25) is 15.9 Å². The number of aliphatic hydroxyl groups is 1. The van der Waals surface area contributed by atoms with Crippen molar-refractivity contribution < 1.29 is 22.3 Å². The zero-order valence-electron chi connectivity index (χ0n) is 19.0. The Labute approximate surface area is 208 Å². The van der Waals surface area contributed by atoms with Gasteiger partial charge < -0.3 is 14.4 Å². The molecule has 2 atom stereocenters. The number of benzene rings is 2. The Bertz CT molecular complexity index is 1460. The first kappa shape index (κ1) is 25.5. The lowest BCUT2D eigenvalue weighted by atomic mass is 9.71. The third kappa shape index (κ3) is 4.42. The predicted molar refractivity (Wildman–Crippen MR) is 128 cm³/mol. The van der Waals surface area contributed by atoms with Gasteiger partial charge >= 0.3 is 5.76 Å². The third-order valence-corrected chi connectivity index (χ3v) is 8.29. The molecule has 0 saturated carbocycles. The van der Waals surface area contributed by atoms with Gasteiger partial charge in [-0.15, -0.1) is 5.10 Å². The van der Waals surface area contributed by atoms with Gasteiger partial charge in [-0.1, -0.05) is 24.6 Å². The molecule has 1 aliphatic heterocycles. The number of nitrogens with zero attached hydrogens (tertiary/aromatic N) is 3. The van der Waals surface area contributed by atoms with E-state index in [1.165, 1.54) is 24.3 Å². The second kappa shape index (κ2) is 8.81. The van der Waals surface area contributed by atoms with Crippen molar-refractivity contribution in [1.82, 2.24) is 14.5 Å². The van der Waals surface area contributed by atoms with Crippen molar-refractivity contribution in [3.05, 3.63) is 74.3 Å². The van der Waals surface area contributed by atoms with Crippen molar-refractivity contribution in [3.63, 3.8) is 0 Å². The van der Waals surface area contributed by atoms with Gasteiger partial charge in [0.05, 0.1) is 12.4 Å². The van der Waals surface area contributed by atoms with Crippen molar-refractivity contribution in [3.8, 4) is 0 Å². The number of hydrogen-bond donors (Lipinski definition) is 2.